The summed E-state index contributed by atoms with van der Waals surface area (Å²) in [4.78, 5) is 4.39. The van der Waals surface area contributed by atoms with Crippen molar-refractivity contribution in [1.29, 1.82) is 0 Å². The fourth-order valence-electron chi connectivity index (χ4n) is 2.64. The van der Waals surface area contributed by atoms with Gasteiger partial charge in [0.15, 0.2) is 0 Å². The van der Waals surface area contributed by atoms with Crippen molar-refractivity contribution in [3.63, 3.8) is 0 Å². The molecule has 0 aromatic carbocycles. The average molecular weight is 253 g/mol. The molecule has 0 saturated heterocycles. The van der Waals surface area contributed by atoms with Gasteiger partial charge in [0.1, 0.15) is 0 Å². The number of hydrogen-bond donors (Lipinski definition) is 1. The molecule has 3 atom stereocenters. The van der Waals surface area contributed by atoms with Gasteiger partial charge in [-0.15, -0.1) is 0 Å². The second-order valence-electron chi connectivity index (χ2n) is 4.92. The molecule has 0 aliphatic heterocycles. The van der Waals surface area contributed by atoms with Gasteiger partial charge in [-0.2, -0.15) is 0 Å². The van der Waals surface area contributed by atoms with E-state index in [0.29, 0.717) is 18.8 Å². The summed E-state index contributed by atoms with van der Waals surface area (Å²) in [5.74, 6) is 0.911. The van der Waals surface area contributed by atoms with Crippen LogP contribution in [-0.4, -0.2) is 42.5 Å². The zero-order chi connectivity index (χ0) is 13.0. The van der Waals surface area contributed by atoms with E-state index in [1.807, 2.05) is 12.4 Å². The molecule has 1 aromatic heterocycles. The van der Waals surface area contributed by atoms with Gasteiger partial charge in [-0.25, -0.2) is 4.98 Å². The highest BCUT2D eigenvalue weighted by Gasteiger charge is 2.28. The van der Waals surface area contributed by atoms with Crippen molar-refractivity contribution in [2.45, 2.75) is 44.4 Å². The van der Waals surface area contributed by atoms with Crippen LogP contribution in [-0.2, 0) is 9.47 Å². The standard InChI is InChI=1S/C13H23N3O2/c1-10(9-17-2)16-8-7-14-13(16)15-11-5-4-6-12(11)18-3/h7-8,10-12H,4-6,9H2,1-3H3,(H,14,15). The van der Waals surface area contributed by atoms with Gasteiger partial charge >= 0.3 is 0 Å². The molecule has 1 fully saturated rings. The quantitative estimate of drug-likeness (QED) is 0.843. The third-order valence-corrected chi connectivity index (χ3v) is 3.62. The summed E-state index contributed by atoms with van der Waals surface area (Å²) in [6.07, 6.45) is 7.60. The molecule has 5 heteroatoms. The van der Waals surface area contributed by atoms with E-state index in [0.717, 1.165) is 18.8 Å². The van der Waals surface area contributed by atoms with Crippen LogP contribution >= 0.6 is 0 Å². The van der Waals surface area contributed by atoms with Gasteiger partial charge in [0.25, 0.3) is 0 Å². The van der Waals surface area contributed by atoms with E-state index in [9.17, 15) is 0 Å². The lowest BCUT2D eigenvalue weighted by atomic mass is 10.2. The number of hydrogen-bond acceptors (Lipinski definition) is 4. The molecule has 0 amide bonds. The molecule has 1 aliphatic carbocycles. The highest BCUT2D eigenvalue weighted by Crippen LogP contribution is 2.25. The van der Waals surface area contributed by atoms with E-state index >= 15 is 0 Å². The molecular formula is C13H23N3O2. The molecule has 2 rings (SSSR count). The van der Waals surface area contributed by atoms with Crippen LogP contribution in [0.2, 0.25) is 0 Å². The Hall–Kier alpha value is -1.07. The highest BCUT2D eigenvalue weighted by molar-refractivity contribution is 5.29. The van der Waals surface area contributed by atoms with Gasteiger partial charge in [-0.3, -0.25) is 0 Å². The zero-order valence-electron chi connectivity index (χ0n) is 11.4. The minimum atomic E-state index is 0.280. The van der Waals surface area contributed by atoms with Crippen molar-refractivity contribution in [3.05, 3.63) is 12.4 Å². The van der Waals surface area contributed by atoms with E-state index < -0.39 is 0 Å². The van der Waals surface area contributed by atoms with Crippen molar-refractivity contribution in [2.24, 2.45) is 0 Å². The third-order valence-electron chi connectivity index (χ3n) is 3.62. The largest absolute Gasteiger partial charge is 0.383 e. The molecule has 3 unspecified atom stereocenters. The van der Waals surface area contributed by atoms with Gasteiger partial charge in [-0.05, 0) is 26.2 Å². The molecule has 5 nitrogen and oxygen atoms in total. The van der Waals surface area contributed by atoms with Crippen LogP contribution in [0.3, 0.4) is 0 Å². The van der Waals surface area contributed by atoms with Crippen LogP contribution in [0.5, 0.6) is 0 Å². The van der Waals surface area contributed by atoms with Crippen molar-refractivity contribution >= 4 is 5.95 Å². The van der Waals surface area contributed by atoms with Crippen LogP contribution < -0.4 is 5.32 Å². The molecule has 0 bridgehead atoms. The molecule has 0 radical (unpaired) electrons. The lowest BCUT2D eigenvalue weighted by molar-refractivity contribution is 0.100. The second kappa shape index (κ2) is 6.20. The topological polar surface area (TPSA) is 48.3 Å². The summed E-state index contributed by atoms with van der Waals surface area (Å²) < 4.78 is 12.8. The maximum atomic E-state index is 5.50. The molecule has 1 heterocycles. The Morgan fingerprint density at radius 2 is 2.33 bits per heavy atom. The molecule has 1 aliphatic rings. The maximum Gasteiger partial charge on any atom is 0.203 e. The summed E-state index contributed by atoms with van der Waals surface area (Å²) in [6.45, 7) is 2.81. The smallest absolute Gasteiger partial charge is 0.203 e. The fourth-order valence-corrected chi connectivity index (χ4v) is 2.64. The van der Waals surface area contributed by atoms with Gasteiger partial charge < -0.3 is 19.4 Å². The van der Waals surface area contributed by atoms with Gasteiger partial charge in [0.05, 0.1) is 24.8 Å². The lowest BCUT2D eigenvalue weighted by Gasteiger charge is -2.22. The number of aromatic nitrogens is 2. The van der Waals surface area contributed by atoms with Crippen molar-refractivity contribution in [2.75, 3.05) is 26.1 Å². The monoisotopic (exact) mass is 253 g/mol. The first-order chi connectivity index (χ1) is 8.76. The molecule has 1 saturated carbocycles. The first-order valence-corrected chi connectivity index (χ1v) is 6.57. The van der Waals surface area contributed by atoms with Crippen molar-refractivity contribution in [1.82, 2.24) is 9.55 Å². The predicted octanol–water partition coefficient (Wildman–Crippen LogP) is 2.07. The van der Waals surface area contributed by atoms with Gasteiger partial charge in [0.2, 0.25) is 5.95 Å². The van der Waals surface area contributed by atoms with E-state index in [1.165, 1.54) is 6.42 Å². The Morgan fingerprint density at radius 1 is 1.50 bits per heavy atom. The van der Waals surface area contributed by atoms with E-state index in [1.54, 1.807) is 14.2 Å². The van der Waals surface area contributed by atoms with Crippen molar-refractivity contribution in [3.8, 4) is 0 Å². The fraction of sp³-hybridized carbons (Fsp3) is 0.769. The number of imidazole rings is 1. The van der Waals surface area contributed by atoms with Crippen molar-refractivity contribution < 1.29 is 9.47 Å². The summed E-state index contributed by atoms with van der Waals surface area (Å²) in [5, 5.41) is 3.50. The third kappa shape index (κ3) is 2.84. The second-order valence-corrected chi connectivity index (χ2v) is 4.92. The van der Waals surface area contributed by atoms with Crippen LogP contribution in [0, 0.1) is 0 Å². The lowest BCUT2D eigenvalue weighted by Crippen LogP contribution is -2.31. The van der Waals surface area contributed by atoms with Gasteiger partial charge in [-0.1, -0.05) is 0 Å². The number of methoxy groups -OCH3 is 2. The summed E-state index contributed by atoms with van der Waals surface area (Å²) >= 11 is 0. The normalized spacial score (nSPS) is 25.3. The van der Waals surface area contributed by atoms with Crippen LogP contribution in [0.1, 0.15) is 32.2 Å². The summed E-state index contributed by atoms with van der Waals surface area (Å²) in [6, 6.07) is 0.647. The zero-order valence-corrected chi connectivity index (χ0v) is 11.4. The average Bonchev–Trinajstić information content (AvgIpc) is 2.98. The van der Waals surface area contributed by atoms with Crippen LogP contribution in [0.25, 0.3) is 0 Å². The van der Waals surface area contributed by atoms with E-state index in [4.69, 9.17) is 9.47 Å². The molecule has 102 valence electrons. The van der Waals surface area contributed by atoms with E-state index in [2.05, 4.69) is 21.8 Å². The Kier molecular flexibility index (Phi) is 4.60. The molecule has 0 spiro atoms. The summed E-state index contributed by atoms with van der Waals surface area (Å²) in [5.41, 5.74) is 0. The Bertz CT molecular complexity index is 367. The minimum Gasteiger partial charge on any atom is -0.383 e. The Morgan fingerprint density at radius 3 is 3.06 bits per heavy atom. The molecular weight excluding hydrogens is 230 g/mol. The maximum absolute atomic E-state index is 5.50. The molecule has 1 N–H and O–H groups in total. The highest BCUT2D eigenvalue weighted by atomic mass is 16.5. The van der Waals surface area contributed by atoms with E-state index in [-0.39, 0.29) is 6.04 Å². The summed E-state index contributed by atoms with van der Waals surface area (Å²) in [7, 11) is 3.50. The predicted molar refractivity (Wildman–Crippen MR) is 70.9 cm³/mol. The van der Waals surface area contributed by atoms with Crippen LogP contribution in [0.4, 0.5) is 5.95 Å². The SMILES string of the molecule is COCC(C)n1ccnc1NC1CCCC1OC. The first kappa shape index (κ1) is 13.4. The van der Waals surface area contributed by atoms with Gasteiger partial charge in [0, 0.05) is 26.6 Å². The number of nitrogens with one attached hydrogen (secondary N) is 1. The number of anilines is 1. The number of ether oxygens (including phenoxy) is 2. The Labute approximate surface area is 108 Å². The molecule has 18 heavy (non-hydrogen) atoms. The first-order valence-electron chi connectivity index (χ1n) is 6.57. The Balaban J connectivity index is 2.03. The molecule has 1 aromatic rings. The number of nitrogens with zero attached hydrogens (tertiary/aromatic N) is 2. The minimum absolute atomic E-state index is 0.280. The number of rotatable bonds is 6. The van der Waals surface area contributed by atoms with Crippen LogP contribution in [0.15, 0.2) is 12.4 Å².